The molecule has 0 bridgehead atoms. The van der Waals surface area contributed by atoms with E-state index in [1.54, 1.807) is 18.1 Å². The lowest BCUT2D eigenvalue weighted by Crippen LogP contribution is -2.18. The van der Waals surface area contributed by atoms with Crippen LogP contribution in [0.25, 0.3) is 10.9 Å². The lowest BCUT2D eigenvalue weighted by Gasteiger charge is -2.17. The zero-order valence-electron chi connectivity index (χ0n) is 13.0. The standard InChI is InChI=1S/C15H16FN5O2/c1-9(22-3)14-19-13(23-20-14)7-21(2)15-11-6-10(16)4-5-12(11)17-8-18-15/h4-6,8-9H,7H2,1-3H3. The summed E-state index contributed by atoms with van der Waals surface area (Å²) >= 11 is 0. The van der Waals surface area contributed by atoms with Gasteiger partial charge in [0.25, 0.3) is 0 Å². The molecule has 0 spiro atoms. The summed E-state index contributed by atoms with van der Waals surface area (Å²) in [7, 11) is 3.39. The quantitative estimate of drug-likeness (QED) is 0.715. The third kappa shape index (κ3) is 3.11. The fraction of sp³-hybridized carbons (Fsp3) is 0.333. The molecule has 3 aromatic rings. The second-order valence-corrected chi connectivity index (χ2v) is 5.14. The molecule has 1 unspecified atom stereocenters. The average Bonchev–Trinajstić information content (AvgIpc) is 3.01. The zero-order valence-corrected chi connectivity index (χ0v) is 13.0. The Kier molecular flexibility index (Phi) is 4.16. The molecule has 23 heavy (non-hydrogen) atoms. The van der Waals surface area contributed by atoms with E-state index in [0.29, 0.717) is 35.0 Å². The van der Waals surface area contributed by atoms with Gasteiger partial charge in [-0.2, -0.15) is 4.98 Å². The highest BCUT2D eigenvalue weighted by atomic mass is 19.1. The maximum atomic E-state index is 13.5. The van der Waals surface area contributed by atoms with Crippen LogP contribution >= 0.6 is 0 Å². The molecule has 7 nitrogen and oxygen atoms in total. The molecule has 0 amide bonds. The Morgan fingerprint density at radius 3 is 2.96 bits per heavy atom. The first kappa shape index (κ1) is 15.3. The van der Waals surface area contributed by atoms with Crippen molar-refractivity contribution in [1.82, 2.24) is 20.1 Å². The predicted octanol–water partition coefficient (Wildman–Crippen LogP) is 2.50. The van der Waals surface area contributed by atoms with Gasteiger partial charge in [0.2, 0.25) is 5.89 Å². The molecule has 2 aromatic heterocycles. The Balaban J connectivity index is 1.87. The molecule has 2 heterocycles. The molecule has 1 atom stereocenters. The van der Waals surface area contributed by atoms with Crippen molar-refractivity contribution in [3.8, 4) is 0 Å². The van der Waals surface area contributed by atoms with E-state index in [-0.39, 0.29) is 11.9 Å². The summed E-state index contributed by atoms with van der Waals surface area (Å²) < 4.78 is 23.9. The van der Waals surface area contributed by atoms with Crippen LogP contribution in [0.15, 0.2) is 29.0 Å². The van der Waals surface area contributed by atoms with E-state index in [1.807, 2.05) is 14.0 Å². The highest BCUT2D eigenvalue weighted by Gasteiger charge is 2.16. The molecule has 0 saturated heterocycles. The number of ether oxygens (including phenoxy) is 1. The molecular formula is C15H16FN5O2. The fourth-order valence-electron chi connectivity index (χ4n) is 2.20. The molecule has 1 aromatic carbocycles. The fourth-order valence-corrected chi connectivity index (χ4v) is 2.20. The molecular weight excluding hydrogens is 301 g/mol. The Hall–Kier alpha value is -2.61. The number of benzene rings is 1. The number of anilines is 1. The van der Waals surface area contributed by atoms with Gasteiger partial charge >= 0.3 is 0 Å². The maximum absolute atomic E-state index is 13.5. The molecule has 0 saturated carbocycles. The van der Waals surface area contributed by atoms with Crippen molar-refractivity contribution in [2.45, 2.75) is 19.6 Å². The molecule has 0 aliphatic carbocycles. The number of halogens is 1. The van der Waals surface area contributed by atoms with Crippen LogP contribution in [-0.4, -0.2) is 34.3 Å². The molecule has 3 rings (SSSR count). The number of fused-ring (bicyclic) bond motifs is 1. The molecule has 0 aliphatic rings. The monoisotopic (exact) mass is 317 g/mol. The van der Waals surface area contributed by atoms with E-state index in [1.165, 1.54) is 18.5 Å². The van der Waals surface area contributed by atoms with Crippen molar-refractivity contribution in [3.63, 3.8) is 0 Å². The summed E-state index contributed by atoms with van der Waals surface area (Å²) in [5.74, 6) is 1.16. The number of methoxy groups -OCH3 is 1. The summed E-state index contributed by atoms with van der Waals surface area (Å²) in [6.45, 7) is 2.17. The number of hydrogen-bond acceptors (Lipinski definition) is 7. The number of aromatic nitrogens is 4. The zero-order chi connectivity index (χ0) is 16.4. The Bertz CT molecular complexity index is 822. The maximum Gasteiger partial charge on any atom is 0.246 e. The van der Waals surface area contributed by atoms with Crippen LogP contribution in [0.4, 0.5) is 10.2 Å². The van der Waals surface area contributed by atoms with E-state index < -0.39 is 0 Å². The Morgan fingerprint density at radius 1 is 1.35 bits per heavy atom. The van der Waals surface area contributed by atoms with Gasteiger partial charge in [-0.15, -0.1) is 0 Å². The largest absolute Gasteiger partial charge is 0.374 e. The third-order valence-electron chi connectivity index (χ3n) is 3.51. The van der Waals surface area contributed by atoms with Crippen molar-refractivity contribution in [1.29, 1.82) is 0 Å². The van der Waals surface area contributed by atoms with Crippen LogP contribution in [0.2, 0.25) is 0 Å². The topological polar surface area (TPSA) is 77.2 Å². The van der Waals surface area contributed by atoms with Gasteiger partial charge in [0.1, 0.15) is 24.1 Å². The van der Waals surface area contributed by atoms with Crippen LogP contribution in [0, 0.1) is 5.82 Å². The number of hydrogen-bond donors (Lipinski definition) is 0. The summed E-state index contributed by atoms with van der Waals surface area (Å²) in [5, 5.41) is 4.50. The van der Waals surface area contributed by atoms with Crippen LogP contribution in [0.3, 0.4) is 0 Å². The summed E-state index contributed by atoms with van der Waals surface area (Å²) in [6.07, 6.45) is 1.20. The number of rotatable bonds is 5. The minimum absolute atomic E-state index is 0.244. The molecule has 8 heteroatoms. The normalized spacial score (nSPS) is 12.5. The minimum atomic E-state index is -0.337. The van der Waals surface area contributed by atoms with Gasteiger partial charge in [0.15, 0.2) is 5.82 Å². The minimum Gasteiger partial charge on any atom is -0.374 e. The summed E-state index contributed by atoms with van der Waals surface area (Å²) in [4.78, 5) is 14.5. The van der Waals surface area contributed by atoms with Gasteiger partial charge in [-0.25, -0.2) is 14.4 Å². The van der Waals surface area contributed by atoms with Gasteiger partial charge in [0.05, 0.1) is 12.1 Å². The van der Waals surface area contributed by atoms with E-state index >= 15 is 0 Å². The van der Waals surface area contributed by atoms with Gasteiger partial charge in [-0.3, -0.25) is 0 Å². The molecule has 0 aliphatic heterocycles. The van der Waals surface area contributed by atoms with Crippen LogP contribution in [-0.2, 0) is 11.3 Å². The average molecular weight is 317 g/mol. The SMILES string of the molecule is COC(C)c1noc(CN(C)c2ncnc3ccc(F)cc23)n1. The molecule has 120 valence electrons. The highest BCUT2D eigenvalue weighted by Crippen LogP contribution is 2.24. The lowest BCUT2D eigenvalue weighted by molar-refractivity contribution is 0.109. The third-order valence-corrected chi connectivity index (χ3v) is 3.51. The predicted molar refractivity (Wildman–Crippen MR) is 81.3 cm³/mol. The number of nitrogens with zero attached hydrogens (tertiary/aromatic N) is 5. The van der Waals surface area contributed by atoms with Crippen molar-refractivity contribution < 1.29 is 13.7 Å². The van der Waals surface area contributed by atoms with Gasteiger partial charge in [-0.05, 0) is 25.1 Å². The van der Waals surface area contributed by atoms with E-state index in [9.17, 15) is 4.39 Å². The van der Waals surface area contributed by atoms with Crippen molar-refractivity contribution >= 4 is 16.7 Å². The van der Waals surface area contributed by atoms with E-state index in [2.05, 4.69) is 20.1 Å². The summed E-state index contributed by atoms with van der Waals surface area (Å²) in [5.41, 5.74) is 0.669. The van der Waals surface area contributed by atoms with Gasteiger partial charge < -0.3 is 14.2 Å². The van der Waals surface area contributed by atoms with E-state index in [0.717, 1.165) is 0 Å². The Morgan fingerprint density at radius 2 is 2.17 bits per heavy atom. The second-order valence-electron chi connectivity index (χ2n) is 5.14. The van der Waals surface area contributed by atoms with E-state index in [4.69, 9.17) is 9.26 Å². The first-order valence-electron chi connectivity index (χ1n) is 7.05. The highest BCUT2D eigenvalue weighted by molar-refractivity contribution is 5.89. The lowest BCUT2D eigenvalue weighted by atomic mass is 10.2. The second kappa shape index (κ2) is 6.25. The van der Waals surface area contributed by atoms with Crippen molar-refractivity contribution in [2.75, 3.05) is 19.1 Å². The van der Waals surface area contributed by atoms with Crippen LogP contribution in [0.5, 0.6) is 0 Å². The first-order valence-corrected chi connectivity index (χ1v) is 7.05. The van der Waals surface area contributed by atoms with Gasteiger partial charge in [0, 0.05) is 19.5 Å². The molecule has 0 fully saturated rings. The Labute approximate surface area is 132 Å². The summed E-state index contributed by atoms with van der Waals surface area (Å²) in [6, 6.07) is 4.40. The first-order chi connectivity index (χ1) is 11.1. The van der Waals surface area contributed by atoms with Crippen molar-refractivity contribution in [3.05, 3.63) is 42.1 Å². The molecule has 0 N–H and O–H groups in total. The smallest absolute Gasteiger partial charge is 0.246 e. The van der Waals surface area contributed by atoms with Crippen LogP contribution in [0.1, 0.15) is 24.7 Å². The van der Waals surface area contributed by atoms with Gasteiger partial charge in [-0.1, -0.05) is 5.16 Å². The van der Waals surface area contributed by atoms with Crippen LogP contribution < -0.4 is 4.90 Å². The van der Waals surface area contributed by atoms with Crippen molar-refractivity contribution in [2.24, 2.45) is 0 Å². The molecule has 0 radical (unpaired) electrons.